The summed E-state index contributed by atoms with van der Waals surface area (Å²) in [5.74, 6) is 1.36. The van der Waals surface area contributed by atoms with Crippen LogP contribution in [0.1, 0.15) is 38.1 Å². The number of hydrogen-bond acceptors (Lipinski definition) is 8. The number of thiazole rings is 1. The van der Waals surface area contributed by atoms with Gasteiger partial charge in [-0.05, 0) is 68.8 Å². The van der Waals surface area contributed by atoms with Crippen molar-refractivity contribution in [3.8, 4) is 22.8 Å². The number of halogens is 3. The van der Waals surface area contributed by atoms with Crippen molar-refractivity contribution in [2.45, 2.75) is 26.8 Å². The Bertz CT molecular complexity index is 1910. The zero-order valence-corrected chi connectivity index (χ0v) is 26.9. The minimum atomic E-state index is -0.848. The number of methoxy groups -OCH3 is 1. The first-order valence-corrected chi connectivity index (χ1v) is 15.3. The van der Waals surface area contributed by atoms with Crippen molar-refractivity contribution in [3.63, 3.8) is 0 Å². The highest BCUT2D eigenvalue weighted by atomic mass is 79.9. The smallest absolute Gasteiger partial charge is 0.338 e. The minimum Gasteiger partial charge on any atom is -0.493 e. The van der Waals surface area contributed by atoms with Gasteiger partial charge < -0.3 is 18.6 Å². The van der Waals surface area contributed by atoms with Crippen LogP contribution in [-0.4, -0.2) is 30.9 Å². The molecule has 8 nitrogen and oxygen atoms in total. The third kappa shape index (κ3) is 5.68. The molecule has 2 aromatic heterocycles. The molecule has 0 amide bonds. The number of carbonyl (C=O) groups is 1. The first kappa shape index (κ1) is 30.2. The van der Waals surface area contributed by atoms with Crippen LogP contribution < -0.4 is 24.4 Å². The van der Waals surface area contributed by atoms with Gasteiger partial charge in [0, 0.05) is 21.1 Å². The quantitative estimate of drug-likeness (QED) is 0.195. The first-order valence-electron chi connectivity index (χ1n) is 12.9. The molecule has 0 radical (unpaired) electrons. The van der Waals surface area contributed by atoms with Crippen LogP contribution in [-0.2, 0) is 9.53 Å². The molecule has 1 aliphatic heterocycles. The van der Waals surface area contributed by atoms with E-state index in [1.54, 1.807) is 62.4 Å². The van der Waals surface area contributed by atoms with Gasteiger partial charge in [0.05, 0.1) is 47.2 Å². The lowest BCUT2D eigenvalue weighted by molar-refractivity contribution is -0.139. The molecular weight excluding hydrogens is 667 g/mol. The predicted octanol–water partition coefficient (Wildman–Crippen LogP) is 6.53. The van der Waals surface area contributed by atoms with Crippen molar-refractivity contribution < 1.29 is 23.4 Å². The normalized spacial score (nSPS) is 14.9. The zero-order chi connectivity index (χ0) is 30.1. The first-order chi connectivity index (χ1) is 20.2. The average Bonchev–Trinajstić information content (AvgIpc) is 3.54. The van der Waals surface area contributed by atoms with Crippen LogP contribution in [0.3, 0.4) is 0 Å². The van der Waals surface area contributed by atoms with E-state index in [9.17, 15) is 9.59 Å². The summed E-state index contributed by atoms with van der Waals surface area (Å²) in [5, 5.41) is 1.00. The second kappa shape index (κ2) is 12.5. The number of rotatable bonds is 8. The molecule has 5 rings (SSSR count). The Kier molecular flexibility index (Phi) is 8.98. The molecule has 0 spiro atoms. The van der Waals surface area contributed by atoms with Crippen LogP contribution in [0, 0.1) is 0 Å². The highest BCUT2D eigenvalue weighted by molar-refractivity contribution is 9.10. The van der Waals surface area contributed by atoms with Crippen molar-refractivity contribution in [1.82, 2.24) is 4.57 Å². The van der Waals surface area contributed by atoms with E-state index in [4.69, 9.17) is 41.8 Å². The van der Waals surface area contributed by atoms with E-state index in [1.807, 2.05) is 6.92 Å². The Morgan fingerprint density at radius 1 is 1.14 bits per heavy atom. The Labute approximate surface area is 263 Å². The lowest BCUT2D eigenvalue weighted by atomic mass is 9.95. The van der Waals surface area contributed by atoms with Crippen molar-refractivity contribution in [1.29, 1.82) is 0 Å². The summed E-state index contributed by atoms with van der Waals surface area (Å²) >= 11 is 17.3. The Balaban J connectivity index is 1.68. The number of carbonyl (C=O) groups excluding carboxylic acids is 1. The van der Waals surface area contributed by atoms with Crippen LogP contribution >= 0.6 is 50.5 Å². The van der Waals surface area contributed by atoms with Crippen LogP contribution in [0.15, 0.2) is 72.4 Å². The third-order valence-electron chi connectivity index (χ3n) is 6.49. The topological polar surface area (TPSA) is 92.3 Å². The Morgan fingerprint density at radius 2 is 1.93 bits per heavy atom. The van der Waals surface area contributed by atoms with Gasteiger partial charge >= 0.3 is 5.97 Å². The summed E-state index contributed by atoms with van der Waals surface area (Å²) in [5.41, 5.74) is 1.59. The number of ether oxygens (including phenoxy) is 3. The van der Waals surface area contributed by atoms with Crippen LogP contribution in [0.25, 0.3) is 17.4 Å². The van der Waals surface area contributed by atoms with Crippen LogP contribution in [0.4, 0.5) is 0 Å². The second-order valence-electron chi connectivity index (χ2n) is 9.09. The van der Waals surface area contributed by atoms with E-state index in [1.165, 1.54) is 23.0 Å². The summed E-state index contributed by atoms with van der Waals surface area (Å²) in [6.45, 7) is 5.92. The average molecular weight is 692 g/mol. The number of aromatic nitrogens is 1. The predicted molar refractivity (Wildman–Crippen MR) is 166 cm³/mol. The largest absolute Gasteiger partial charge is 0.493 e. The van der Waals surface area contributed by atoms with E-state index in [2.05, 4.69) is 20.9 Å². The number of fused-ring (bicyclic) bond motifs is 1. The molecule has 0 saturated heterocycles. The summed E-state index contributed by atoms with van der Waals surface area (Å²) in [7, 11) is 1.53. The minimum absolute atomic E-state index is 0.165. The summed E-state index contributed by atoms with van der Waals surface area (Å²) in [6, 6.07) is 11.3. The molecule has 12 heteroatoms. The maximum absolute atomic E-state index is 14.0. The van der Waals surface area contributed by atoms with Crippen molar-refractivity contribution in [2.24, 2.45) is 4.99 Å². The Hall–Kier alpha value is -3.31. The van der Waals surface area contributed by atoms with Crippen LogP contribution in [0.2, 0.25) is 10.0 Å². The molecule has 42 heavy (non-hydrogen) atoms. The summed E-state index contributed by atoms with van der Waals surface area (Å²) in [6.07, 6.45) is 1.64. The second-order valence-corrected chi connectivity index (χ2v) is 11.8. The molecule has 0 aliphatic carbocycles. The Morgan fingerprint density at radius 3 is 2.64 bits per heavy atom. The number of allylic oxidation sites excluding steroid dienone is 1. The fourth-order valence-corrected chi connectivity index (χ4v) is 6.61. The van der Waals surface area contributed by atoms with E-state index in [0.29, 0.717) is 70.3 Å². The van der Waals surface area contributed by atoms with E-state index < -0.39 is 12.0 Å². The lowest BCUT2D eigenvalue weighted by Crippen LogP contribution is -2.40. The maximum atomic E-state index is 14.0. The molecule has 218 valence electrons. The fourth-order valence-electron chi connectivity index (χ4n) is 4.66. The zero-order valence-electron chi connectivity index (χ0n) is 23.0. The maximum Gasteiger partial charge on any atom is 0.338 e. The highest BCUT2D eigenvalue weighted by Gasteiger charge is 2.35. The molecule has 0 saturated carbocycles. The van der Waals surface area contributed by atoms with Crippen molar-refractivity contribution in [3.05, 3.63) is 99.3 Å². The van der Waals surface area contributed by atoms with Gasteiger partial charge in [-0.1, -0.05) is 50.5 Å². The number of furan rings is 1. The molecule has 1 aliphatic rings. The molecule has 0 fully saturated rings. The molecule has 4 aromatic rings. The fraction of sp³-hybridized carbons (Fsp3) is 0.233. The van der Waals surface area contributed by atoms with E-state index in [0.717, 1.165) is 0 Å². The standard InChI is InChI=1S/C30H25BrCl2N2O6S/c1-5-39-24-14-20(31)18(13-23(24)38-4)27-26(29(37)40-6-2)15(3)34-30-35(27)28(36)25(42-30)12-17-8-10-22(41-17)19-11-16(32)7-9-21(19)33/h7-14,27H,5-6H2,1-4H3/b25-12+/t27-/m1/s1. The molecule has 1 atom stereocenters. The van der Waals surface area contributed by atoms with Crippen molar-refractivity contribution >= 4 is 62.5 Å². The summed E-state index contributed by atoms with van der Waals surface area (Å²) < 4.78 is 25.2. The van der Waals surface area contributed by atoms with Gasteiger partial charge in [0.1, 0.15) is 11.5 Å². The number of nitrogens with zero attached hydrogens (tertiary/aromatic N) is 2. The number of benzene rings is 2. The SMILES string of the molecule is CCOC(=O)C1=C(C)N=c2s/c(=C/c3ccc(-c4cc(Cl)ccc4Cl)o3)c(=O)n2[C@@H]1c1cc(OC)c(OCC)cc1Br. The van der Waals surface area contributed by atoms with Gasteiger partial charge in [-0.2, -0.15) is 0 Å². The molecular formula is C30H25BrCl2N2O6S. The van der Waals surface area contributed by atoms with E-state index >= 15 is 0 Å². The monoisotopic (exact) mass is 690 g/mol. The molecule has 2 aromatic carbocycles. The van der Waals surface area contributed by atoms with Crippen LogP contribution in [0.5, 0.6) is 11.5 Å². The van der Waals surface area contributed by atoms with Gasteiger partial charge in [0.15, 0.2) is 16.3 Å². The number of esters is 1. The summed E-state index contributed by atoms with van der Waals surface area (Å²) in [4.78, 5) is 32.3. The highest BCUT2D eigenvalue weighted by Crippen LogP contribution is 2.41. The van der Waals surface area contributed by atoms with Gasteiger partial charge in [0.25, 0.3) is 5.56 Å². The van der Waals surface area contributed by atoms with Gasteiger partial charge in [0.2, 0.25) is 0 Å². The van der Waals surface area contributed by atoms with E-state index in [-0.39, 0.29) is 17.7 Å². The number of hydrogen-bond donors (Lipinski definition) is 0. The molecule has 0 N–H and O–H groups in total. The van der Waals surface area contributed by atoms with Gasteiger partial charge in [-0.25, -0.2) is 9.79 Å². The lowest BCUT2D eigenvalue weighted by Gasteiger charge is -2.26. The van der Waals surface area contributed by atoms with Gasteiger partial charge in [-0.3, -0.25) is 9.36 Å². The van der Waals surface area contributed by atoms with Crippen molar-refractivity contribution in [2.75, 3.05) is 20.3 Å². The third-order valence-corrected chi connectivity index (χ3v) is 8.72. The molecule has 0 bridgehead atoms. The van der Waals surface area contributed by atoms with Gasteiger partial charge in [-0.15, -0.1) is 0 Å². The molecule has 3 heterocycles. The molecule has 0 unspecified atom stereocenters.